The number of hydrogen-bond donors (Lipinski definition) is 0. The summed E-state index contributed by atoms with van der Waals surface area (Å²) in [5.41, 5.74) is 4.23. The molecule has 152 valence electrons. The van der Waals surface area contributed by atoms with Crippen molar-refractivity contribution in [1.82, 2.24) is 19.8 Å². The second-order valence-corrected chi connectivity index (χ2v) is 7.85. The van der Waals surface area contributed by atoms with Crippen molar-refractivity contribution in [2.45, 2.75) is 27.3 Å². The second kappa shape index (κ2) is 7.91. The van der Waals surface area contributed by atoms with Gasteiger partial charge in [-0.1, -0.05) is 22.8 Å². The average molecular weight is 414 g/mol. The Morgan fingerprint density at radius 3 is 2.55 bits per heavy atom. The van der Waals surface area contributed by atoms with Crippen LogP contribution in [0.3, 0.4) is 0 Å². The predicted molar refractivity (Wildman–Crippen MR) is 112 cm³/mol. The van der Waals surface area contributed by atoms with E-state index < -0.39 is 0 Å². The van der Waals surface area contributed by atoms with Crippen molar-refractivity contribution >= 4 is 23.2 Å². The summed E-state index contributed by atoms with van der Waals surface area (Å²) in [5.74, 6) is 0.558. The van der Waals surface area contributed by atoms with E-state index in [2.05, 4.69) is 15.2 Å². The second-order valence-electron chi connectivity index (χ2n) is 7.41. The summed E-state index contributed by atoms with van der Waals surface area (Å²) in [7, 11) is 0. The molecule has 1 aliphatic heterocycles. The highest BCUT2D eigenvalue weighted by atomic mass is 35.5. The fourth-order valence-electron chi connectivity index (χ4n) is 3.72. The molecule has 0 unspecified atom stereocenters. The maximum absolute atomic E-state index is 13.1. The van der Waals surface area contributed by atoms with Crippen molar-refractivity contribution in [3.8, 4) is 0 Å². The van der Waals surface area contributed by atoms with Crippen LogP contribution in [0.1, 0.15) is 33.2 Å². The molecule has 1 amide bonds. The van der Waals surface area contributed by atoms with E-state index in [0.29, 0.717) is 36.1 Å². The van der Waals surface area contributed by atoms with Crippen LogP contribution in [-0.4, -0.2) is 51.9 Å². The first kappa shape index (κ1) is 19.5. The Morgan fingerprint density at radius 2 is 1.90 bits per heavy atom. The molecule has 1 saturated heterocycles. The van der Waals surface area contributed by atoms with Crippen molar-refractivity contribution in [3.63, 3.8) is 0 Å². The molecule has 1 aliphatic rings. The van der Waals surface area contributed by atoms with Gasteiger partial charge in [0.15, 0.2) is 5.69 Å². The van der Waals surface area contributed by atoms with E-state index in [0.717, 1.165) is 35.7 Å². The fraction of sp³-hybridized carbons (Fsp3) is 0.381. The Bertz CT molecular complexity index is 1030. The van der Waals surface area contributed by atoms with Gasteiger partial charge in [-0.2, -0.15) is 5.10 Å². The number of rotatable bonds is 4. The Balaban J connectivity index is 1.47. The molecule has 0 saturated carbocycles. The number of carbonyl (C=O) groups excluding carboxylic acids is 1. The molecule has 0 aliphatic carbocycles. The summed E-state index contributed by atoms with van der Waals surface area (Å²) in [5, 5.41) is 9.28. The summed E-state index contributed by atoms with van der Waals surface area (Å²) in [6.07, 6.45) is 0. The van der Waals surface area contributed by atoms with E-state index in [1.165, 1.54) is 0 Å². The normalized spacial score (nSPS) is 14.5. The summed E-state index contributed by atoms with van der Waals surface area (Å²) < 4.78 is 7.24. The highest BCUT2D eigenvalue weighted by Crippen LogP contribution is 2.23. The Kier molecular flexibility index (Phi) is 5.32. The monoisotopic (exact) mass is 413 g/mol. The van der Waals surface area contributed by atoms with Crippen LogP contribution in [-0.2, 0) is 6.54 Å². The molecule has 7 nitrogen and oxygen atoms in total. The first-order valence-corrected chi connectivity index (χ1v) is 10.1. The molecule has 0 radical (unpaired) electrons. The zero-order valence-electron chi connectivity index (χ0n) is 16.9. The number of piperazine rings is 1. The molecule has 3 heterocycles. The van der Waals surface area contributed by atoms with Crippen LogP contribution in [0, 0.1) is 20.8 Å². The zero-order valence-corrected chi connectivity index (χ0v) is 17.6. The smallest absolute Gasteiger partial charge is 0.276 e. The van der Waals surface area contributed by atoms with Gasteiger partial charge in [-0.15, -0.1) is 0 Å². The van der Waals surface area contributed by atoms with Gasteiger partial charge in [0, 0.05) is 48.1 Å². The van der Waals surface area contributed by atoms with Crippen molar-refractivity contribution in [2.75, 3.05) is 31.1 Å². The van der Waals surface area contributed by atoms with E-state index in [1.54, 1.807) is 0 Å². The van der Waals surface area contributed by atoms with Gasteiger partial charge in [0.2, 0.25) is 0 Å². The molecule has 0 atom stereocenters. The molecule has 0 spiro atoms. The van der Waals surface area contributed by atoms with Gasteiger partial charge in [-0.25, -0.2) is 0 Å². The van der Waals surface area contributed by atoms with Gasteiger partial charge in [0.05, 0.1) is 12.2 Å². The van der Waals surface area contributed by atoms with Crippen LogP contribution in [0.4, 0.5) is 5.69 Å². The SMILES string of the molecule is Cc1cc(C)n(Cc2c(C(=O)N3CCN(c4cccc(Cl)c4)CC3)noc2C)n1. The molecular weight excluding hydrogens is 390 g/mol. The highest BCUT2D eigenvalue weighted by molar-refractivity contribution is 6.30. The topological polar surface area (TPSA) is 67.4 Å². The van der Waals surface area contributed by atoms with Gasteiger partial charge in [-0.05, 0) is 45.0 Å². The van der Waals surface area contributed by atoms with Crippen LogP contribution < -0.4 is 4.90 Å². The third-order valence-electron chi connectivity index (χ3n) is 5.34. The standard InChI is InChI=1S/C21H24ClN5O2/c1-14-11-15(2)27(23-14)13-19-16(3)29-24-20(19)21(28)26-9-7-25(8-10-26)18-6-4-5-17(22)12-18/h4-6,11-12H,7-10,13H2,1-3H3. The summed E-state index contributed by atoms with van der Waals surface area (Å²) in [6, 6.07) is 9.81. The minimum atomic E-state index is -0.0934. The number of nitrogens with zero attached hydrogens (tertiary/aromatic N) is 5. The van der Waals surface area contributed by atoms with Crippen LogP contribution >= 0.6 is 11.6 Å². The molecule has 0 bridgehead atoms. The number of aromatic nitrogens is 3. The van der Waals surface area contributed by atoms with E-state index in [-0.39, 0.29) is 5.91 Å². The van der Waals surface area contributed by atoms with E-state index >= 15 is 0 Å². The predicted octanol–water partition coefficient (Wildman–Crippen LogP) is 3.46. The lowest BCUT2D eigenvalue weighted by atomic mass is 10.1. The summed E-state index contributed by atoms with van der Waals surface area (Å²) in [6.45, 7) is 8.99. The van der Waals surface area contributed by atoms with Gasteiger partial charge in [-0.3, -0.25) is 9.48 Å². The molecule has 4 rings (SSSR count). The van der Waals surface area contributed by atoms with Gasteiger partial charge >= 0.3 is 0 Å². The zero-order chi connectivity index (χ0) is 20.5. The molecule has 1 fully saturated rings. The lowest BCUT2D eigenvalue weighted by molar-refractivity contribution is 0.0735. The number of benzene rings is 1. The van der Waals surface area contributed by atoms with E-state index in [9.17, 15) is 4.79 Å². The van der Waals surface area contributed by atoms with Gasteiger partial charge < -0.3 is 14.3 Å². The quantitative estimate of drug-likeness (QED) is 0.655. The Labute approximate surface area is 174 Å². The van der Waals surface area contributed by atoms with Crippen molar-refractivity contribution in [3.05, 3.63) is 63.8 Å². The van der Waals surface area contributed by atoms with Crippen molar-refractivity contribution in [2.24, 2.45) is 0 Å². The molecule has 1 aromatic carbocycles. The lowest BCUT2D eigenvalue weighted by Crippen LogP contribution is -2.49. The number of aryl methyl sites for hydroxylation is 3. The molecule has 3 aromatic rings. The number of halogens is 1. The van der Waals surface area contributed by atoms with Crippen LogP contribution in [0.5, 0.6) is 0 Å². The van der Waals surface area contributed by atoms with Crippen LogP contribution in [0.2, 0.25) is 5.02 Å². The first-order chi connectivity index (χ1) is 13.9. The van der Waals surface area contributed by atoms with Crippen LogP contribution in [0.25, 0.3) is 0 Å². The molecule has 8 heteroatoms. The maximum Gasteiger partial charge on any atom is 0.276 e. The number of anilines is 1. The summed E-state index contributed by atoms with van der Waals surface area (Å²) >= 11 is 6.11. The number of carbonyl (C=O) groups is 1. The highest BCUT2D eigenvalue weighted by Gasteiger charge is 2.28. The number of hydrogen-bond acceptors (Lipinski definition) is 5. The first-order valence-electron chi connectivity index (χ1n) is 9.68. The largest absolute Gasteiger partial charge is 0.368 e. The van der Waals surface area contributed by atoms with Gasteiger partial charge in [0.1, 0.15) is 5.76 Å². The van der Waals surface area contributed by atoms with Crippen LogP contribution in [0.15, 0.2) is 34.9 Å². The Hall–Kier alpha value is -2.80. The minimum absolute atomic E-state index is 0.0934. The molecule has 29 heavy (non-hydrogen) atoms. The Morgan fingerprint density at radius 1 is 1.14 bits per heavy atom. The van der Waals surface area contributed by atoms with E-state index in [1.807, 2.05) is 60.7 Å². The van der Waals surface area contributed by atoms with Crippen molar-refractivity contribution < 1.29 is 9.32 Å². The molecular formula is C21H24ClN5O2. The summed E-state index contributed by atoms with van der Waals surface area (Å²) in [4.78, 5) is 17.2. The van der Waals surface area contributed by atoms with E-state index in [4.69, 9.17) is 16.1 Å². The molecule has 0 N–H and O–H groups in total. The third-order valence-corrected chi connectivity index (χ3v) is 5.57. The maximum atomic E-state index is 13.1. The van der Waals surface area contributed by atoms with Gasteiger partial charge in [0.25, 0.3) is 5.91 Å². The third kappa shape index (κ3) is 4.00. The average Bonchev–Trinajstić information content (AvgIpc) is 3.23. The number of amides is 1. The van der Waals surface area contributed by atoms with Crippen molar-refractivity contribution in [1.29, 1.82) is 0 Å². The lowest BCUT2D eigenvalue weighted by Gasteiger charge is -2.36. The minimum Gasteiger partial charge on any atom is -0.368 e. The fourth-order valence-corrected chi connectivity index (χ4v) is 3.91. The molecule has 2 aromatic heterocycles.